The van der Waals surface area contributed by atoms with E-state index in [-0.39, 0.29) is 12.0 Å². The molecule has 0 saturated carbocycles. The first-order chi connectivity index (χ1) is 7.30. The quantitative estimate of drug-likeness (QED) is 0.450. The van der Waals surface area contributed by atoms with Gasteiger partial charge in [-0.1, -0.05) is 0 Å². The lowest BCUT2D eigenvalue weighted by Gasteiger charge is -2.04. The van der Waals surface area contributed by atoms with E-state index < -0.39 is 0 Å². The van der Waals surface area contributed by atoms with Crippen molar-refractivity contribution in [1.82, 2.24) is 15.0 Å². The van der Waals surface area contributed by atoms with Crippen LogP contribution in [0.25, 0.3) is 10.4 Å². The van der Waals surface area contributed by atoms with Crippen molar-refractivity contribution in [2.75, 3.05) is 18.5 Å². The summed E-state index contributed by atoms with van der Waals surface area (Å²) in [6.45, 7) is 4.80. The lowest BCUT2D eigenvalue weighted by atomic mass is 10.7. The molecule has 1 aromatic rings. The van der Waals surface area contributed by atoms with Crippen LogP contribution in [0, 0.1) is 0 Å². The predicted molar refractivity (Wildman–Crippen MR) is 54.0 cm³/mol. The van der Waals surface area contributed by atoms with Crippen LogP contribution in [-0.4, -0.2) is 28.1 Å². The highest BCUT2D eigenvalue weighted by atomic mass is 16.5. The van der Waals surface area contributed by atoms with Crippen LogP contribution in [0.2, 0.25) is 0 Å². The highest BCUT2D eigenvalue weighted by Crippen LogP contribution is 2.13. The number of ether oxygens (including phenoxy) is 1. The zero-order valence-corrected chi connectivity index (χ0v) is 8.51. The van der Waals surface area contributed by atoms with Gasteiger partial charge in [-0.2, -0.15) is 15.0 Å². The van der Waals surface area contributed by atoms with E-state index in [2.05, 4.69) is 30.3 Å². The SMILES string of the molecule is CCNc1nc(N=[N+]=[N-])nc(OCC)n1. The van der Waals surface area contributed by atoms with E-state index in [1.54, 1.807) is 0 Å². The Balaban J connectivity index is 3.01. The smallest absolute Gasteiger partial charge is 0.321 e. The van der Waals surface area contributed by atoms with Crippen LogP contribution in [0.3, 0.4) is 0 Å². The molecule has 0 fully saturated rings. The number of hydrogen-bond acceptors (Lipinski definition) is 6. The van der Waals surface area contributed by atoms with E-state index in [9.17, 15) is 0 Å². The third-order valence-electron chi connectivity index (χ3n) is 1.35. The number of hydrogen-bond donors (Lipinski definition) is 1. The van der Waals surface area contributed by atoms with Crippen LogP contribution in [0.5, 0.6) is 6.01 Å². The fraction of sp³-hybridized carbons (Fsp3) is 0.571. The average molecular weight is 209 g/mol. The van der Waals surface area contributed by atoms with E-state index in [1.165, 1.54) is 0 Å². The molecular formula is C7H11N7O. The Morgan fingerprint density at radius 2 is 2.20 bits per heavy atom. The van der Waals surface area contributed by atoms with Crippen molar-refractivity contribution < 1.29 is 4.74 Å². The second kappa shape index (κ2) is 5.61. The molecule has 8 heteroatoms. The molecule has 0 aliphatic rings. The van der Waals surface area contributed by atoms with Crippen molar-refractivity contribution in [2.24, 2.45) is 5.11 Å². The zero-order chi connectivity index (χ0) is 11.1. The maximum atomic E-state index is 8.26. The Bertz CT molecular complexity index is 349. The molecule has 0 radical (unpaired) electrons. The van der Waals surface area contributed by atoms with Crippen LogP contribution >= 0.6 is 0 Å². The first-order valence-corrected chi connectivity index (χ1v) is 4.48. The van der Waals surface area contributed by atoms with Crippen molar-refractivity contribution in [1.29, 1.82) is 0 Å². The zero-order valence-electron chi connectivity index (χ0n) is 8.51. The average Bonchev–Trinajstić information content (AvgIpc) is 2.19. The van der Waals surface area contributed by atoms with Gasteiger partial charge in [-0.05, 0) is 24.5 Å². The highest BCUT2D eigenvalue weighted by Gasteiger charge is 2.04. The number of aromatic nitrogens is 3. The Kier molecular flexibility index (Phi) is 4.11. The van der Waals surface area contributed by atoms with Gasteiger partial charge in [0.05, 0.1) is 6.61 Å². The molecule has 1 heterocycles. The minimum Gasteiger partial charge on any atom is -0.464 e. The van der Waals surface area contributed by atoms with Gasteiger partial charge in [0, 0.05) is 11.5 Å². The summed E-state index contributed by atoms with van der Waals surface area (Å²) in [6, 6.07) is 0.144. The van der Waals surface area contributed by atoms with Crippen LogP contribution < -0.4 is 10.1 Å². The molecule has 15 heavy (non-hydrogen) atoms. The van der Waals surface area contributed by atoms with Gasteiger partial charge in [0.1, 0.15) is 0 Å². The third-order valence-corrected chi connectivity index (χ3v) is 1.35. The molecule has 8 nitrogen and oxygen atoms in total. The Hall–Kier alpha value is -2.08. The molecule has 0 bridgehead atoms. The van der Waals surface area contributed by atoms with E-state index in [4.69, 9.17) is 10.3 Å². The van der Waals surface area contributed by atoms with Crippen molar-refractivity contribution in [2.45, 2.75) is 13.8 Å². The number of anilines is 1. The Morgan fingerprint density at radius 1 is 1.40 bits per heavy atom. The number of nitrogens with zero attached hydrogens (tertiary/aromatic N) is 6. The van der Waals surface area contributed by atoms with E-state index in [0.717, 1.165) is 0 Å². The number of rotatable bonds is 5. The summed E-state index contributed by atoms with van der Waals surface area (Å²) in [5.74, 6) is 0.324. The fourth-order valence-corrected chi connectivity index (χ4v) is 0.861. The van der Waals surface area contributed by atoms with Crippen molar-refractivity contribution in [3.8, 4) is 6.01 Å². The van der Waals surface area contributed by atoms with Crippen LogP contribution in [-0.2, 0) is 0 Å². The summed E-state index contributed by atoms with van der Waals surface area (Å²) in [7, 11) is 0. The van der Waals surface area contributed by atoms with Gasteiger partial charge in [-0.25, -0.2) is 0 Å². The molecule has 0 aliphatic carbocycles. The molecule has 0 aromatic carbocycles. The van der Waals surface area contributed by atoms with E-state index >= 15 is 0 Å². The lowest BCUT2D eigenvalue weighted by molar-refractivity contribution is 0.312. The summed E-state index contributed by atoms with van der Waals surface area (Å²) < 4.78 is 5.09. The van der Waals surface area contributed by atoms with Gasteiger partial charge >= 0.3 is 6.01 Å². The molecule has 1 rings (SSSR count). The lowest BCUT2D eigenvalue weighted by Crippen LogP contribution is -2.05. The standard InChI is InChI=1S/C7H11N7O/c1-3-9-5-10-6(13-14-8)12-7(11-5)15-4-2/h3-4H2,1-2H3,(H,9,10,11,12). The van der Waals surface area contributed by atoms with Crippen molar-refractivity contribution in [3.05, 3.63) is 10.4 Å². The molecule has 0 spiro atoms. The molecule has 0 atom stereocenters. The summed E-state index contributed by atoms with van der Waals surface area (Å²) in [6.07, 6.45) is 0. The first kappa shape index (κ1) is 11.0. The van der Waals surface area contributed by atoms with E-state index in [0.29, 0.717) is 19.1 Å². The van der Waals surface area contributed by atoms with Gasteiger partial charge < -0.3 is 10.1 Å². The van der Waals surface area contributed by atoms with Crippen LogP contribution in [0.1, 0.15) is 13.8 Å². The van der Waals surface area contributed by atoms with Crippen molar-refractivity contribution in [3.63, 3.8) is 0 Å². The molecule has 0 amide bonds. The maximum Gasteiger partial charge on any atom is 0.321 e. The summed E-state index contributed by atoms with van der Waals surface area (Å²) >= 11 is 0. The third kappa shape index (κ3) is 3.28. The summed E-state index contributed by atoms with van der Waals surface area (Å²) in [5.41, 5.74) is 8.26. The molecule has 1 aromatic heterocycles. The molecule has 1 N–H and O–H groups in total. The summed E-state index contributed by atoms with van der Waals surface area (Å²) in [5, 5.41) is 6.17. The summed E-state index contributed by atoms with van der Waals surface area (Å²) in [4.78, 5) is 14.2. The van der Waals surface area contributed by atoms with Crippen LogP contribution in [0.15, 0.2) is 5.11 Å². The second-order valence-corrected chi connectivity index (χ2v) is 2.39. The van der Waals surface area contributed by atoms with Crippen LogP contribution in [0.4, 0.5) is 11.9 Å². The predicted octanol–water partition coefficient (Wildman–Crippen LogP) is 1.64. The maximum absolute atomic E-state index is 8.26. The van der Waals surface area contributed by atoms with E-state index in [1.807, 2.05) is 13.8 Å². The minimum atomic E-state index is -0.00750. The normalized spacial score (nSPS) is 9.20. The number of azide groups is 1. The second-order valence-electron chi connectivity index (χ2n) is 2.39. The first-order valence-electron chi connectivity index (χ1n) is 4.48. The topological polar surface area (TPSA) is 109 Å². The van der Waals surface area contributed by atoms with Gasteiger partial charge in [0.15, 0.2) is 0 Å². The monoisotopic (exact) mass is 209 g/mol. The van der Waals surface area contributed by atoms with Gasteiger partial charge in [-0.15, -0.1) is 0 Å². The Morgan fingerprint density at radius 3 is 2.80 bits per heavy atom. The molecular weight excluding hydrogens is 198 g/mol. The van der Waals surface area contributed by atoms with Gasteiger partial charge in [-0.3, -0.25) is 0 Å². The minimum absolute atomic E-state index is 0.00750. The Labute approximate surface area is 86.3 Å². The fourth-order valence-electron chi connectivity index (χ4n) is 0.861. The molecule has 0 unspecified atom stereocenters. The highest BCUT2D eigenvalue weighted by molar-refractivity contribution is 5.31. The molecule has 0 saturated heterocycles. The van der Waals surface area contributed by atoms with Gasteiger partial charge in [0.2, 0.25) is 11.9 Å². The molecule has 80 valence electrons. The number of nitrogens with one attached hydrogen (secondary N) is 1. The molecule has 0 aliphatic heterocycles. The van der Waals surface area contributed by atoms with Gasteiger partial charge in [0.25, 0.3) is 0 Å². The largest absolute Gasteiger partial charge is 0.464 e. The van der Waals surface area contributed by atoms with Crippen molar-refractivity contribution >= 4 is 11.9 Å².